The first-order chi connectivity index (χ1) is 18.1. The van der Waals surface area contributed by atoms with E-state index in [9.17, 15) is 13.2 Å². The van der Waals surface area contributed by atoms with Gasteiger partial charge in [-0.15, -0.1) is 0 Å². The second-order valence-corrected chi connectivity index (χ2v) is 11.4. The maximum atomic E-state index is 13.4. The Morgan fingerprint density at radius 3 is 2.34 bits per heavy atom. The number of sulfonamides is 1. The number of halogens is 3. The summed E-state index contributed by atoms with van der Waals surface area (Å²) in [4.78, 5) is 12.9. The van der Waals surface area contributed by atoms with Crippen molar-refractivity contribution in [3.05, 3.63) is 111 Å². The van der Waals surface area contributed by atoms with Crippen LogP contribution in [0, 0.1) is 13.8 Å². The molecule has 0 fully saturated rings. The number of hydrogen-bond acceptors (Lipinski definition) is 4. The van der Waals surface area contributed by atoms with Crippen LogP contribution in [0.2, 0.25) is 15.1 Å². The van der Waals surface area contributed by atoms with Gasteiger partial charge in [-0.3, -0.25) is 9.10 Å². The van der Waals surface area contributed by atoms with Crippen molar-refractivity contribution in [3.8, 4) is 5.69 Å². The average molecular weight is 590 g/mol. The molecule has 0 saturated heterocycles. The lowest BCUT2D eigenvalue weighted by molar-refractivity contribution is -0.119. The van der Waals surface area contributed by atoms with Gasteiger partial charge >= 0.3 is 0 Å². The van der Waals surface area contributed by atoms with Gasteiger partial charge in [0.25, 0.3) is 15.9 Å². The summed E-state index contributed by atoms with van der Waals surface area (Å²) in [6.45, 7) is 3.31. The van der Waals surface area contributed by atoms with Gasteiger partial charge in [0.15, 0.2) is 0 Å². The van der Waals surface area contributed by atoms with Crippen molar-refractivity contribution in [2.45, 2.75) is 18.7 Å². The summed E-state index contributed by atoms with van der Waals surface area (Å²) >= 11 is 18.6. The molecule has 0 aliphatic carbocycles. The van der Waals surface area contributed by atoms with Gasteiger partial charge in [-0.05, 0) is 68.4 Å². The number of anilines is 1. The van der Waals surface area contributed by atoms with Crippen LogP contribution in [0.15, 0.2) is 88.9 Å². The number of aromatic nitrogens is 1. The minimum absolute atomic E-state index is 0.0540. The van der Waals surface area contributed by atoms with Crippen LogP contribution in [0.25, 0.3) is 5.69 Å². The van der Waals surface area contributed by atoms with Crippen LogP contribution < -0.4 is 9.73 Å². The molecule has 196 valence electrons. The molecule has 0 radical (unpaired) electrons. The highest BCUT2D eigenvalue weighted by atomic mass is 35.5. The molecule has 4 aromatic rings. The number of benzene rings is 3. The van der Waals surface area contributed by atoms with Gasteiger partial charge in [0, 0.05) is 22.0 Å². The van der Waals surface area contributed by atoms with E-state index < -0.39 is 22.5 Å². The van der Waals surface area contributed by atoms with Crippen LogP contribution in [0.5, 0.6) is 0 Å². The number of hydrazone groups is 1. The van der Waals surface area contributed by atoms with Crippen molar-refractivity contribution in [3.63, 3.8) is 0 Å². The first kappa shape index (κ1) is 27.7. The Balaban J connectivity index is 1.56. The second kappa shape index (κ2) is 11.6. The number of nitrogens with one attached hydrogen (secondary N) is 1. The summed E-state index contributed by atoms with van der Waals surface area (Å²) < 4.78 is 29.7. The lowest BCUT2D eigenvalue weighted by Gasteiger charge is -2.23. The number of hydrogen-bond donors (Lipinski definition) is 1. The maximum Gasteiger partial charge on any atom is 0.264 e. The SMILES string of the molecule is Cc1cc(/C=N\NC(=O)CN(c2ccc(Cl)cc2)S(=O)(=O)c2ccccc2)c(C)n1-c1cccc(Cl)c1Cl. The lowest BCUT2D eigenvalue weighted by atomic mass is 10.2. The number of aryl methyl sites for hydroxylation is 1. The third-order valence-corrected chi connectivity index (χ3v) is 8.62. The molecule has 1 N–H and O–H groups in total. The van der Waals surface area contributed by atoms with Crippen molar-refractivity contribution in [2.24, 2.45) is 5.10 Å². The molecule has 38 heavy (non-hydrogen) atoms. The molecular weight excluding hydrogens is 567 g/mol. The van der Waals surface area contributed by atoms with E-state index in [1.807, 2.05) is 36.6 Å². The molecular formula is C27H23Cl3N4O3S. The minimum atomic E-state index is -4.04. The van der Waals surface area contributed by atoms with E-state index in [1.54, 1.807) is 36.4 Å². The van der Waals surface area contributed by atoms with E-state index in [-0.39, 0.29) is 4.90 Å². The number of nitrogens with zero attached hydrogens (tertiary/aromatic N) is 3. The molecule has 0 atom stereocenters. The molecule has 3 aromatic carbocycles. The molecule has 0 unspecified atom stereocenters. The van der Waals surface area contributed by atoms with Gasteiger partial charge in [0.05, 0.1) is 32.5 Å². The van der Waals surface area contributed by atoms with Crippen molar-refractivity contribution >= 4 is 62.6 Å². The highest BCUT2D eigenvalue weighted by Crippen LogP contribution is 2.31. The zero-order chi connectivity index (χ0) is 27.4. The summed E-state index contributed by atoms with van der Waals surface area (Å²) in [5.74, 6) is -0.623. The van der Waals surface area contributed by atoms with Crippen LogP contribution in [0.1, 0.15) is 17.0 Å². The topological polar surface area (TPSA) is 83.8 Å². The Morgan fingerprint density at radius 1 is 0.974 bits per heavy atom. The van der Waals surface area contributed by atoms with Crippen molar-refractivity contribution < 1.29 is 13.2 Å². The van der Waals surface area contributed by atoms with E-state index in [1.165, 1.54) is 30.5 Å². The summed E-state index contributed by atoms with van der Waals surface area (Å²) in [7, 11) is -4.04. The van der Waals surface area contributed by atoms with Crippen LogP contribution in [-0.4, -0.2) is 31.7 Å². The fourth-order valence-corrected chi connectivity index (χ4v) is 5.88. The Morgan fingerprint density at radius 2 is 1.66 bits per heavy atom. The lowest BCUT2D eigenvalue weighted by Crippen LogP contribution is -2.39. The van der Waals surface area contributed by atoms with Crippen LogP contribution >= 0.6 is 34.8 Å². The molecule has 1 aromatic heterocycles. The van der Waals surface area contributed by atoms with E-state index >= 15 is 0 Å². The quantitative estimate of drug-likeness (QED) is 0.191. The molecule has 0 bridgehead atoms. The highest BCUT2D eigenvalue weighted by Gasteiger charge is 2.27. The van der Waals surface area contributed by atoms with Gasteiger partial charge in [0.2, 0.25) is 0 Å². The van der Waals surface area contributed by atoms with Crippen molar-refractivity contribution in [2.75, 3.05) is 10.8 Å². The predicted octanol–water partition coefficient (Wildman–Crippen LogP) is 6.40. The zero-order valence-corrected chi connectivity index (χ0v) is 23.5. The van der Waals surface area contributed by atoms with Gasteiger partial charge in [-0.25, -0.2) is 13.8 Å². The van der Waals surface area contributed by atoms with Gasteiger partial charge < -0.3 is 4.57 Å². The zero-order valence-electron chi connectivity index (χ0n) is 20.4. The van der Waals surface area contributed by atoms with Gasteiger partial charge in [-0.1, -0.05) is 59.1 Å². The first-order valence-corrected chi connectivity index (χ1v) is 14.0. The normalized spacial score (nSPS) is 11.6. The minimum Gasteiger partial charge on any atom is -0.316 e. The Hall–Kier alpha value is -3.30. The number of rotatable bonds is 8. The molecule has 0 aliphatic heterocycles. The summed E-state index contributed by atoms with van der Waals surface area (Å²) in [6, 6.07) is 21.3. The molecule has 7 nitrogen and oxygen atoms in total. The molecule has 0 saturated carbocycles. The third-order valence-electron chi connectivity index (χ3n) is 5.77. The molecule has 4 rings (SSSR count). The molecule has 0 aliphatic rings. The van der Waals surface area contributed by atoms with E-state index in [0.29, 0.717) is 20.8 Å². The largest absolute Gasteiger partial charge is 0.316 e. The fraction of sp³-hybridized carbons (Fsp3) is 0.111. The van der Waals surface area contributed by atoms with Crippen molar-refractivity contribution in [1.82, 2.24) is 9.99 Å². The van der Waals surface area contributed by atoms with Crippen molar-refractivity contribution in [1.29, 1.82) is 0 Å². The Labute approximate surface area is 236 Å². The third kappa shape index (κ3) is 5.89. The van der Waals surface area contributed by atoms with E-state index in [4.69, 9.17) is 34.8 Å². The summed E-state index contributed by atoms with van der Waals surface area (Å²) in [5, 5.41) is 5.37. The van der Waals surface area contributed by atoms with E-state index in [0.717, 1.165) is 26.9 Å². The molecule has 0 spiro atoms. The Kier molecular flexibility index (Phi) is 8.47. The summed E-state index contributed by atoms with van der Waals surface area (Å²) in [5.41, 5.74) is 5.90. The van der Waals surface area contributed by atoms with E-state index in [2.05, 4.69) is 10.5 Å². The highest BCUT2D eigenvalue weighted by molar-refractivity contribution is 7.92. The fourth-order valence-electron chi connectivity index (χ4n) is 3.94. The molecule has 1 heterocycles. The number of carbonyl (C=O) groups is 1. The monoisotopic (exact) mass is 588 g/mol. The van der Waals surface area contributed by atoms with Gasteiger partial charge in [-0.2, -0.15) is 5.10 Å². The molecule has 11 heteroatoms. The Bertz CT molecular complexity index is 1600. The standard InChI is InChI=1S/C27H23Cl3N4O3S/c1-18-15-20(19(2)34(18)25-10-6-9-24(29)27(25)30)16-31-32-26(35)17-33(22-13-11-21(28)12-14-22)38(36,37)23-7-4-3-5-8-23/h3-16H,17H2,1-2H3,(H,32,35)/b31-16-. The predicted molar refractivity (Wildman–Crippen MR) is 153 cm³/mol. The molecule has 1 amide bonds. The second-order valence-electron chi connectivity index (χ2n) is 8.33. The smallest absolute Gasteiger partial charge is 0.264 e. The van der Waals surface area contributed by atoms with Gasteiger partial charge in [0.1, 0.15) is 6.54 Å². The number of amides is 1. The van der Waals surface area contributed by atoms with Crippen LogP contribution in [0.4, 0.5) is 5.69 Å². The van der Waals surface area contributed by atoms with Crippen LogP contribution in [0.3, 0.4) is 0 Å². The maximum absolute atomic E-state index is 13.4. The van der Waals surface area contributed by atoms with Crippen LogP contribution in [-0.2, 0) is 14.8 Å². The number of carbonyl (C=O) groups excluding carboxylic acids is 1. The first-order valence-electron chi connectivity index (χ1n) is 11.4. The summed E-state index contributed by atoms with van der Waals surface area (Å²) in [6.07, 6.45) is 1.49. The average Bonchev–Trinajstić information content (AvgIpc) is 3.18.